The summed E-state index contributed by atoms with van der Waals surface area (Å²) in [6.07, 6.45) is 0. The van der Waals surface area contributed by atoms with Crippen LogP contribution in [0.1, 0.15) is 9.75 Å². The zero-order valence-corrected chi connectivity index (χ0v) is 13.3. The van der Waals surface area contributed by atoms with E-state index in [1.54, 1.807) is 31.2 Å². The Morgan fingerprint density at radius 1 is 1.10 bits per heavy atom. The van der Waals surface area contributed by atoms with Gasteiger partial charge in [0.25, 0.3) is 10.0 Å². The van der Waals surface area contributed by atoms with Gasteiger partial charge in [0.2, 0.25) is 0 Å². The lowest BCUT2D eigenvalue weighted by Crippen LogP contribution is -2.16. The van der Waals surface area contributed by atoms with Crippen LogP contribution in [0.25, 0.3) is 0 Å². The van der Waals surface area contributed by atoms with Gasteiger partial charge in [-0.1, -0.05) is 0 Å². The smallest absolute Gasteiger partial charge is 0.263 e. The van der Waals surface area contributed by atoms with Crippen LogP contribution >= 0.6 is 11.3 Å². The van der Waals surface area contributed by atoms with E-state index in [2.05, 4.69) is 4.72 Å². The number of hydrogen-bond donors (Lipinski definition) is 1. The second-order valence-electron chi connectivity index (χ2n) is 4.74. The van der Waals surface area contributed by atoms with Crippen molar-refractivity contribution in [3.63, 3.8) is 0 Å². The molecule has 1 aliphatic heterocycles. The summed E-state index contributed by atoms with van der Waals surface area (Å²) in [4.78, 5) is 2.06. The molecule has 3 rings (SSSR count). The second kappa shape index (κ2) is 5.23. The molecule has 0 bridgehead atoms. The van der Waals surface area contributed by atoms with Crippen LogP contribution in [-0.2, 0) is 10.0 Å². The van der Waals surface area contributed by atoms with Crippen LogP contribution in [0.3, 0.4) is 0 Å². The first-order valence-electron chi connectivity index (χ1n) is 6.45. The zero-order chi connectivity index (χ0) is 15.0. The molecule has 0 radical (unpaired) electrons. The van der Waals surface area contributed by atoms with E-state index in [0.717, 1.165) is 9.75 Å². The number of anilines is 1. The molecule has 0 saturated carbocycles. The third-order valence-electron chi connectivity index (χ3n) is 3.08. The molecule has 21 heavy (non-hydrogen) atoms. The topological polar surface area (TPSA) is 64.6 Å². The Hall–Kier alpha value is -1.73. The van der Waals surface area contributed by atoms with Crippen molar-refractivity contribution in [2.24, 2.45) is 0 Å². The summed E-state index contributed by atoms with van der Waals surface area (Å²) in [7, 11) is -3.59. The van der Waals surface area contributed by atoms with Crippen LogP contribution in [0.2, 0.25) is 0 Å². The highest BCUT2D eigenvalue weighted by Crippen LogP contribution is 2.34. The molecule has 0 amide bonds. The van der Waals surface area contributed by atoms with Gasteiger partial charge in [-0.2, -0.15) is 0 Å². The lowest BCUT2D eigenvalue weighted by molar-refractivity contribution is 0.171. The fourth-order valence-corrected chi connectivity index (χ4v) is 4.80. The van der Waals surface area contributed by atoms with Gasteiger partial charge in [0.1, 0.15) is 18.1 Å². The standard InChI is InChI=1S/C14H15NO4S2/c1-9-7-14(10(2)20-9)21(16,17)15-11-3-4-12-13(8-11)19-6-5-18-12/h3-4,7-8,15H,5-6H2,1-2H3. The van der Waals surface area contributed by atoms with Gasteiger partial charge in [0.15, 0.2) is 11.5 Å². The predicted molar refractivity (Wildman–Crippen MR) is 82.0 cm³/mol. The highest BCUT2D eigenvalue weighted by Gasteiger charge is 2.20. The van der Waals surface area contributed by atoms with Gasteiger partial charge < -0.3 is 9.47 Å². The zero-order valence-electron chi connectivity index (χ0n) is 11.7. The monoisotopic (exact) mass is 325 g/mol. The molecule has 1 aromatic carbocycles. The average Bonchev–Trinajstić information content (AvgIpc) is 2.78. The largest absolute Gasteiger partial charge is 0.486 e. The minimum Gasteiger partial charge on any atom is -0.486 e. The second-order valence-corrected chi connectivity index (χ2v) is 7.85. The van der Waals surface area contributed by atoms with Gasteiger partial charge >= 0.3 is 0 Å². The number of hydrogen-bond acceptors (Lipinski definition) is 5. The number of ether oxygens (including phenoxy) is 2. The van der Waals surface area contributed by atoms with Crippen molar-refractivity contribution in [1.29, 1.82) is 0 Å². The summed E-state index contributed by atoms with van der Waals surface area (Å²) in [5.41, 5.74) is 0.461. The molecule has 112 valence electrons. The first-order chi connectivity index (χ1) is 9.95. The Balaban J connectivity index is 1.90. The SMILES string of the molecule is Cc1cc(S(=O)(=O)Nc2ccc3c(c2)OCCO3)c(C)s1. The quantitative estimate of drug-likeness (QED) is 0.942. The molecule has 0 aliphatic carbocycles. The normalized spacial score (nSPS) is 14.0. The maximum absolute atomic E-state index is 12.4. The fourth-order valence-electron chi connectivity index (χ4n) is 2.19. The van der Waals surface area contributed by atoms with Crippen molar-refractivity contribution in [1.82, 2.24) is 0 Å². The third kappa shape index (κ3) is 2.84. The van der Waals surface area contributed by atoms with Crippen molar-refractivity contribution >= 4 is 27.0 Å². The van der Waals surface area contributed by atoms with E-state index in [4.69, 9.17) is 9.47 Å². The van der Waals surface area contributed by atoms with Gasteiger partial charge in [-0.05, 0) is 32.0 Å². The van der Waals surface area contributed by atoms with Crippen LogP contribution in [-0.4, -0.2) is 21.6 Å². The van der Waals surface area contributed by atoms with Crippen molar-refractivity contribution in [3.05, 3.63) is 34.0 Å². The Morgan fingerprint density at radius 3 is 2.48 bits per heavy atom. The van der Waals surface area contributed by atoms with E-state index < -0.39 is 10.0 Å². The Morgan fingerprint density at radius 2 is 1.81 bits per heavy atom. The predicted octanol–water partition coefficient (Wildman–Crippen LogP) is 2.94. The number of aryl methyl sites for hydroxylation is 2. The lowest BCUT2D eigenvalue weighted by Gasteiger charge is -2.19. The van der Waals surface area contributed by atoms with Crippen LogP contribution in [0, 0.1) is 13.8 Å². The molecule has 0 spiro atoms. The van der Waals surface area contributed by atoms with E-state index in [1.165, 1.54) is 11.3 Å². The summed E-state index contributed by atoms with van der Waals surface area (Å²) in [5.74, 6) is 1.19. The maximum Gasteiger partial charge on any atom is 0.263 e. The third-order valence-corrected chi connectivity index (χ3v) is 5.68. The van der Waals surface area contributed by atoms with Crippen molar-refractivity contribution < 1.29 is 17.9 Å². The molecule has 2 aromatic rings. The van der Waals surface area contributed by atoms with Crippen LogP contribution in [0.15, 0.2) is 29.2 Å². The number of thiophene rings is 1. The van der Waals surface area contributed by atoms with Crippen LogP contribution < -0.4 is 14.2 Å². The molecule has 5 nitrogen and oxygen atoms in total. The van der Waals surface area contributed by atoms with Crippen molar-refractivity contribution in [2.45, 2.75) is 18.7 Å². The Labute approximate surface area is 127 Å². The summed E-state index contributed by atoms with van der Waals surface area (Å²) < 4.78 is 38.3. The Kier molecular flexibility index (Phi) is 3.54. The maximum atomic E-state index is 12.4. The molecule has 0 unspecified atom stereocenters. The summed E-state index contributed by atoms with van der Waals surface area (Å²) in [6.45, 7) is 4.66. The number of benzene rings is 1. The molecule has 7 heteroatoms. The van der Waals surface area contributed by atoms with Crippen LogP contribution in [0.5, 0.6) is 11.5 Å². The molecular weight excluding hydrogens is 310 g/mol. The van der Waals surface area contributed by atoms with Crippen molar-refractivity contribution in [2.75, 3.05) is 17.9 Å². The van der Waals surface area contributed by atoms with Gasteiger partial charge in [0, 0.05) is 15.8 Å². The molecule has 0 atom stereocenters. The van der Waals surface area contributed by atoms with Gasteiger partial charge in [-0.3, -0.25) is 4.72 Å². The summed E-state index contributed by atoms with van der Waals surface area (Å²) >= 11 is 1.47. The van der Waals surface area contributed by atoms with E-state index in [9.17, 15) is 8.42 Å². The number of rotatable bonds is 3. The fraction of sp³-hybridized carbons (Fsp3) is 0.286. The minimum atomic E-state index is -3.59. The molecular formula is C14H15NO4S2. The summed E-state index contributed by atoms with van der Waals surface area (Å²) in [5, 5.41) is 0. The molecule has 1 aromatic heterocycles. The highest BCUT2D eigenvalue weighted by atomic mass is 32.2. The van der Waals surface area contributed by atoms with Crippen molar-refractivity contribution in [3.8, 4) is 11.5 Å². The van der Waals surface area contributed by atoms with E-state index >= 15 is 0 Å². The molecule has 0 fully saturated rings. The lowest BCUT2D eigenvalue weighted by atomic mass is 10.3. The van der Waals surface area contributed by atoms with Gasteiger partial charge in [0.05, 0.1) is 5.69 Å². The van der Waals surface area contributed by atoms with E-state index in [1.807, 2.05) is 6.92 Å². The van der Waals surface area contributed by atoms with E-state index in [-0.39, 0.29) is 0 Å². The number of sulfonamides is 1. The molecule has 2 heterocycles. The number of fused-ring (bicyclic) bond motifs is 1. The minimum absolute atomic E-state index is 0.319. The van der Waals surface area contributed by atoms with Gasteiger partial charge in [-0.15, -0.1) is 11.3 Å². The molecule has 1 aliphatic rings. The summed E-state index contributed by atoms with van der Waals surface area (Å²) in [6, 6.07) is 6.69. The molecule has 1 N–H and O–H groups in total. The number of nitrogens with one attached hydrogen (secondary N) is 1. The van der Waals surface area contributed by atoms with Gasteiger partial charge in [-0.25, -0.2) is 8.42 Å². The highest BCUT2D eigenvalue weighted by molar-refractivity contribution is 7.93. The average molecular weight is 325 g/mol. The first kappa shape index (κ1) is 14.2. The first-order valence-corrected chi connectivity index (χ1v) is 8.75. The van der Waals surface area contributed by atoms with E-state index in [0.29, 0.717) is 35.3 Å². The molecule has 0 saturated heterocycles. The van der Waals surface area contributed by atoms with Crippen LogP contribution in [0.4, 0.5) is 5.69 Å². The Bertz CT molecular complexity index is 780.